The first kappa shape index (κ1) is 14.5. The SMILES string of the molecule is CNCc1cc(S(=O)(=O)NCC2CCOCC2)c[nH]1. The average Bonchev–Trinajstić information content (AvgIpc) is 2.88. The van der Waals surface area contributed by atoms with Gasteiger partial charge in [-0.3, -0.25) is 0 Å². The highest BCUT2D eigenvalue weighted by molar-refractivity contribution is 7.89. The lowest BCUT2D eigenvalue weighted by molar-refractivity contribution is 0.0678. The third-order valence-corrected chi connectivity index (χ3v) is 4.70. The molecular formula is C12H21N3O3S. The molecule has 0 amide bonds. The monoisotopic (exact) mass is 287 g/mol. The zero-order valence-corrected chi connectivity index (χ0v) is 11.9. The molecule has 3 N–H and O–H groups in total. The van der Waals surface area contributed by atoms with Crippen LogP contribution in [0.25, 0.3) is 0 Å². The first-order valence-electron chi connectivity index (χ1n) is 6.51. The fourth-order valence-corrected chi connectivity index (χ4v) is 3.26. The van der Waals surface area contributed by atoms with E-state index < -0.39 is 10.0 Å². The fourth-order valence-electron chi connectivity index (χ4n) is 2.13. The largest absolute Gasteiger partial charge is 0.381 e. The van der Waals surface area contributed by atoms with Crippen LogP contribution in [-0.4, -0.2) is 40.2 Å². The molecule has 1 aromatic rings. The van der Waals surface area contributed by atoms with Gasteiger partial charge in [-0.25, -0.2) is 13.1 Å². The van der Waals surface area contributed by atoms with E-state index in [0.29, 0.717) is 23.9 Å². The maximum atomic E-state index is 12.1. The molecule has 1 aromatic heterocycles. The van der Waals surface area contributed by atoms with Crippen LogP contribution in [0.2, 0.25) is 0 Å². The predicted octanol–water partition coefficient (Wildman–Crippen LogP) is 0.439. The van der Waals surface area contributed by atoms with Crippen molar-refractivity contribution in [3.8, 4) is 0 Å². The number of ether oxygens (including phenoxy) is 1. The van der Waals surface area contributed by atoms with E-state index in [4.69, 9.17) is 4.74 Å². The Morgan fingerprint density at radius 2 is 2.16 bits per heavy atom. The van der Waals surface area contributed by atoms with E-state index in [9.17, 15) is 8.42 Å². The van der Waals surface area contributed by atoms with E-state index in [-0.39, 0.29) is 0 Å². The summed E-state index contributed by atoms with van der Waals surface area (Å²) in [5.41, 5.74) is 0.856. The number of aromatic nitrogens is 1. The van der Waals surface area contributed by atoms with Crippen molar-refractivity contribution in [3.05, 3.63) is 18.0 Å². The topological polar surface area (TPSA) is 83.2 Å². The van der Waals surface area contributed by atoms with Gasteiger partial charge in [0.25, 0.3) is 0 Å². The Kier molecular flexibility index (Phi) is 4.98. The van der Waals surface area contributed by atoms with Crippen LogP contribution in [0.5, 0.6) is 0 Å². The smallest absolute Gasteiger partial charge is 0.242 e. The minimum absolute atomic E-state index is 0.296. The lowest BCUT2D eigenvalue weighted by Crippen LogP contribution is -2.32. The molecule has 0 radical (unpaired) electrons. The molecule has 1 fully saturated rings. The van der Waals surface area contributed by atoms with Gasteiger partial charge in [0.05, 0.1) is 4.90 Å². The zero-order valence-electron chi connectivity index (χ0n) is 11.1. The molecular weight excluding hydrogens is 266 g/mol. The standard InChI is InChI=1S/C12H21N3O3S/c1-13-8-11-6-12(9-14-11)19(16,17)15-7-10-2-4-18-5-3-10/h6,9-10,13-15H,2-5,7-8H2,1H3. The number of sulfonamides is 1. The summed E-state index contributed by atoms with van der Waals surface area (Å²) in [5, 5.41) is 2.97. The van der Waals surface area contributed by atoms with Crippen LogP contribution in [0, 0.1) is 5.92 Å². The summed E-state index contributed by atoms with van der Waals surface area (Å²) in [4.78, 5) is 3.25. The molecule has 0 aliphatic carbocycles. The average molecular weight is 287 g/mol. The number of hydrogen-bond donors (Lipinski definition) is 3. The molecule has 0 spiro atoms. The summed E-state index contributed by atoms with van der Waals surface area (Å²) in [6.07, 6.45) is 3.36. The molecule has 0 atom stereocenters. The molecule has 2 heterocycles. The Morgan fingerprint density at radius 3 is 2.84 bits per heavy atom. The van der Waals surface area contributed by atoms with Crippen LogP contribution in [0.4, 0.5) is 0 Å². The van der Waals surface area contributed by atoms with E-state index in [1.165, 1.54) is 6.20 Å². The number of hydrogen-bond acceptors (Lipinski definition) is 4. The van der Waals surface area contributed by atoms with E-state index in [1.54, 1.807) is 6.07 Å². The molecule has 7 heteroatoms. The van der Waals surface area contributed by atoms with Gasteiger partial charge in [-0.05, 0) is 31.9 Å². The van der Waals surface area contributed by atoms with Crippen LogP contribution in [0.15, 0.2) is 17.2 Å². The Hall–Kier alpha value is -0.890. The second kappa shape index (κ2) is 6.51. The van der Waals surface area contributed by atoms with Gasteiger partial charge in [-0.2, -0.15) is 0 Å². The van der Waals surface area contributed by atoms with Crippen molar-refractivity contribution in [1.82, 2.24) is 15.0 Å². The molecule has 1 saturated heterocycles. The van der Waals surface area contributed by atoms with Crippen molar-refractivity contribution in [1.29, 1.82) is 0 Å². The molecule has 2 rings (SSSR count). The van der Waals surface area contributed by atoms with Crippen molar-refractivity contribution in [2.45, 2.75) is 24.3 Å². The minimum atomic E-state index is -3.41. The normalized spacial score (nSPS) is 17.7. The molecule has 1 aliphatic heterocycles. The second-order valence-electron chi connectivity index (χ2n) is 4.80. The molecule has 0 unspecified atom stereocenters. The molecule has 19 heavy (non-hydrogen) atoms. The third-order valence-electron chi connectivity index (χ3n) is 3.30. The number of H-pyrrole nitrogens is 1. The lowest BCUT2D eigenvalue weighted by atomic mass is 10.0. The van der Waals surface area contributed by atoms with E-state index in [2.05, 4.69) is 15.0 Å². The van der Waals surface area contributed by atoms with Crippen molar-refractivity contribution in [3.63, 3.8) is 0 Å². The van der Waals surface area contributed by atoms with Gasteiger partial charge in [0.2, 0.25) is 10.0 Å². The third kappa shape index (κ3) is 4.04. The van der Waals surface area contributed by atoms with Gasteiger partial charge in [0, 0.05) is 38.2 Å². The van der Waals surface area contributed by atoms with Gasteiger partial charge in [0.1, 0.15) is 0 Å². The van der Waals surface area contributed by atoms with Gasteiger partial charge in [-0.15, -0.1) is 0 Å². The molecule has 108 valence electrons. The molecule has 0 saturated carbocycles. The predicted molar refractivity (Wildman–Crippen MR) is 72.3 cm³/mol. The van der Waals surface area contributed by atoms with Crippen molar-refractivity contribution >= 4 is 10.0 Å². The number of nitrogens with one attached hydrogen (secondary N) is 3. The van der Waals surface area contributed by atoms with E-state index in [1.807, 2.05) is 7.05 Å². The van der Waals surface area contributed by atoms with Gasteiger partial charge >= 0.3 is 0 Å². The van der Waals surface area contributed by atoms with Crippen LogP contribution < -0.4 is 10.0 Å². The molecule has 0 aromatic carbocycles. The highest BCUT2D eigenvalue weighted by atomic mass is 32.2. The molecule has 6 nitrogen and oxygen atoms in total. The van der Waals surface area contributed by atoms with Gasteiger partial charge < -0.3 is 15.0 Å². The summed E-state index contributed by atoms with van der Waals surface area (Å²) >= 11 is 0. The molecule has 1 aliphatic rings. The van der Waals surface area contributed by atoms with Crippen LogP contribution in [-0.2, 0) is 21.3 Å². The Bertz CT molecular complexity index is 492. The summed E-state index contributed by atoms with van der Waals surface area (Å²) in [6, 6.07) is 1.66. The zero-order chi connectivity index (χ0) is 13.7. The number of rotatable bonds is 6. The Labute approximate surface area is 114 Å². The Morgan fingerprint density at radius 1 is 1.42 bits per heavy atom. The maximum absolute atomic E-state index is 12.1. The van der Waals surface area contributed by atoms with Crippen LogP contribution in [0.3, 0.4) is 0 Å². The van der Waals surface area contributed by atoms with Crippen LogP contribution >= 0.6 is 0 Å². The van der Waals surface area contributed by atoms with E-state index in [0.717, 1.165) is 31.7 Å². The van der Waals surface area contributed by atoms with E-state index >= 15 is 0 Å². The minimum Gasteiger partial charge on any atom is -0.381 e. The summed E-state index contributed by atoms with van der Waals surface area (Å²) in [6.45, 7) is 2.56. The highest BCUT2D eigenvalue weighted by Crippen LogP contribution is 2.15. The van der Waals surface area contributed by atoms with Crippen molar-refractivity contribution in [2.75, 3.05) is 26.8 Å². The second-order valence-corrected chi connectivity index (χ2v) is 6.57. The first-order chi connectivity index (χ1) is 9.12. The summed E-state index contributed by atoms with van der Waals surface area (Å²) < 4.78 is 32.2. The molecule has 0 bridgehead atoms. The number of aromatic amines is 1. The fraction of sp³-hybridized carbons (Fsp3) is 0.667. The lowest BCUT2D eigenvalue weighted by Gasteiger charge is -2.21. The van der Waals surface area contributed by atoms with Gasteiger partial charge in [0.15, 0.2) is 0 Å². The highest BCUT2D eigenvalue weighted by Gasteiger charge is 2.19. The quantitative estimate of drug-likeness (QED) is 0.709. The Balaban J connectivity index is 1.92. The first-order valence-corrected chi connectivity index (χ1v) is 7.99. The van der Waals surface area contributed by atoms with Crippen LogP contribution in [0.1, 0.15) is 18.5 Å². The summed E-state index contributed by atoms with van der Waals surface area (Å²) in [5.74, 6) is 0.374. The van der Waals surface area contributed by atoms with Crippen molar-refractivity contribution < 1.29 is 13.2 Å². The maximum Gasteiger partial charge on any atom is 0.242 e. The van der Waals surface area contributed by atoms with Crippen molar-refractivity contribution in [2.24, 2.45) is 5.92 Å². The van der Waals surface area contributed by atoms with Gasteiger partial charge in [-0.1, -0.05) is 0 Å². The summed E-state index contributed by atoms with van der Waals surface area (Å²) in [7, 11) is -1.59.